The minimum Gasteiger partial charge on any atom is -0.328 e. The van der Waals surface area contributed by atoms with Gasteiger partial charge in [0.2, 0.25) is 11.1 Å². The molecule has 1 atom stereocenters. The number of carbonyl (C=O) groups is 1. The van der Waals surface area contributed by atoms with Gasteiger partial charge >= 0.3 is 0 Å². The molecule has 2 heterocycles. The largest absolute Gasteiger partial charge is 0.328 e. The predicted octanol–water partition coefficient (Wildman–Crippen LogP) is 4.56. The molecule has 5 nitrogen and oxygen atoms in total. The first-order valence-corrected chi connectivity index (χ1v) is 10.3. The fourth-order valence-corrected chi connectivity index (χ4v) is 4.41. The van der Waals surface area contributed by atoms with Crippen molar-refractivity contribution in [1.29, 1.82) is 0 Å². The van der Waals surface area contributed by atoms with Crippen LogP contribution in [0.15, 0.2) is 39.1 Å². The summed E-state index contributed by atoms with van der Waals surface area (Å²) in [6.07, 6.45) is 3.15. The number of hydrogen-bond donors (Lipinski definition) is 1. The molecule has 1 N–H and O–H groups in total. The molecule has 136 valence electrons. The number of halogens is 2. The summed E-state index contributed by atoms with van der Waals surface area (Å²) in [5.74, 6) is 0.377. The topological polar surface area (TPSA) is 59.8 Å². The van der Waals surface area contributed by atoms with E-state index in [1.54, 1.807) is 16.8 Å². The molecule has 2 aromatic rings. The third-order valence-corrected chi connectivity index (χ3v) is 5.90. The van der Waals surface area contributed by atoms with Crippen molar-refractivity contribution in [2.75, 3.05) is 11.6 Å². The number of Topliss-reactive ketones (excluding diaryl/α,β-unsaturated/α-hetero) is 1. The van der Waals surface area contributed by atoms with Gasteiger partial charge in [-0.05, 0) is 51.7 Å². The van der Waals surface area contributed by atoms with Crippen molar-refractivity contribution in [1.82, 2.24) is 14.8 Å². The summed E-state index contributed by atoms with van der Waals surface area (Å²) >= 11 is 4.69. The lowest BCUT2D eigenvalue weighted by Crippen LogP contribution is -2.36. The van der Waals surface area contributed by atoms with Gasteiger partial charge in [-0.15, -0.1) is 5.10 Å². The first-order chi connectivity index (χ1) is 12.3. The highest BCUT2D eigenvalue weighted by atomic mass is 79.9. The second kappa shape index (κ2) is 6.20. The van der Waals surface area contributed by atoms with Gasteiger partial charge in [0.25, 0.3) is 0 Å². The molecule has 0 bridgehead atoms. The quantitative estimate of drug-likeness (QED) is 0.699. The Kier molecular flexibility index (Phi) is 4.23. The lowest BCUT2D eigenvalue weighted by molar-refractivity contribution is -0.118. The Morgan fingerprint density at radius 3 is 2.85 bits per heavy atom. The van der Waals surface area contributed by atoms with Crippen molar-refractivity contribution < 1.29 is 9.18 Å². The summed E-state index contributed by atoms with van der Waals surface area (Å²) in [7, 11) is 0. The van der Waals surface area contributed by atoms with Gasteiger partial charge in [0.1, 0.15) is 11.9 Å². The molecule has 0 spiro atoms. The van der Waals surface area contributed by atoms with E-state index in [2.05, 4.69) is 45.2 Å². The van der Waals surface area contributed by atoms with E-state index in [1.165, 1.54) is 17.8 Å². The van der Waals surface area contributed by atoms with E-state index < -0.39 is 6.04 Å². The third-order valence-electron chi connectivity index (χ3n) is 4.75. The minimum atomic E-state index is -0.407. The molecular formula is C18H18BrFN4OS. The van der Waals surface area contributed by atoms with Crippen LogP contribution in [0.5, 0.6) is 0 Å². The zero-order valence-corrected chi connectivity index (χ0v) is 17.0. The summed E-state index contributed by atoms with van der Waals surface area (Å²) in [5.41, 5.74) is 2.29. The molecule has 26 heavy (non-hydrogen) atoms. The number of rotatable bonds is 2. The highest BCUT2D eigenvalue weighted by Crippen LogP contribution is 2.45. The SMILES string of the molecule is CSc1nc2n(n1)[C@@H](c1ccc(F)c(Br)c1)C1=C(CC(C)(C)CC1=O)N2. The molecule has 4 rings (SSSR count). The Balaban J connectivity index is 1.92. The van der Waals surface area contributed by atoms with Gasteiger partial charge in [-0.2, -0.15) is 4.98 Å². The summed E-state index contributed by atoms with van der Waals surface area (Å²) in [6.45, 7) is 4.18. The number of aromatic nitrogens is 3. The summed E-state index contributed by atoms with van der Waals surface area (Å²) in [6, 6.07) is 4.42. The standard InChI is InChI=1S/C18H18BrFN4OS/c1-18(2)7-12-14(13(25)8-18)15(9-4-5-11(20)10(19)6-9)24-16(21-12)22-17(23-24)26-3/h4-6,15H,7-8H2,1-3H3,(H,21,22,23)/t15-/m0/s1. The number of benzene rings is 1. The number of nitrogens with zero attached hydrogens (tertiary/aromatic N) is 3. The molecular weight excluding hydrogens is 419 g/mol. The van der Waals surface area contributed by atoms with Crippen LogP contribution in [0, 0.1) is 11.2 Å². The molecule has 0 fully saturated rings. The monoisotopic (exact) mass is 436 g/mol. The molecule has 0 saturated heterocycles. The number of anilines is 1. The van der Waals surface area contributed by atoms with Gasteiger partial charge in [-0.3, -0.25) is 4.79 Å². The van der Waals surface area contributed by atoms with Crippen molar-refractivity contribution in [3.63, 3.8) is 0 Å². The highest BCUT2D eigenvalue weighted by Gasteiger charge is 2.41. The van der Waals surface area contributed by atoms with Gasteiger partial charge in [-0.25, -0.2) is 9.07 Å². The van der Waals surface area contributed by atoms with Crippen LogP contribution in [0.3, 0.4) is 0 Å². The molecule has 1 aromatic carbocycles. The molecule has 0 unspecified atom stereocenters. The maximum absolute atomic E-state index is 13.8. The Labute approximate surface area is 163 Å². The number of nitrogens with one attached hydrogen (secondary N) is 1. The highest BCUT2D eigenvalue weighted by molar-refractivity contribution is 9.10. The van der Waals surface area contributed by atoms with Crippen molar-refractivity contribution in [3.8, 4) is 0 Å². The van der Waals surface area contributed by atoms with Crippen LogP contribution in [0.1, 0.15) is 38.3 Å². The zero-order valence-electron chi connectivity index (χ0n) is 14.6. The maximum Gasteiger partial charge on any atom is 0.227 e. The van der Waals surface area contributed by atoms with E-state index in [4.69, 9.17) is 0 Å². The van der Waals surface area contributed by atoms with Gasteiger partial charge in [0, 0.05) is 17.7 Å². The van der Waals surface area contributed by atoms with Crippen LogP contribution in [-0.4, -0.2) is 26.8 Å². The summed E-state index contributed by atoms with van der Waals surface area (Å²) in [4.78, 5) is 17.5. The fraction of sp³-hybridized carbons (Fsp3) is 0.389. The maximum atomic E-state index is 13.8. The van der Waals surface area contributed by atoms with Crippen LogP contribution < -0.4 is 5.32 Å². The number of thioether (sulfide) groups is 1. The summed E-state index contributed by atoms with van der Waals surface area (Å²) in [5, 5.41) is 8.50. The predicted molar refractivity (Wildman–Crippen MR) is 103 cm³/mol. The fourth-order valence-electron chi connectivity index (χ4n) is 3.67. The van der Waals surface area contributed by atoms with E-state index in [9.17, 15) is 9.18 Å². The average molecular weight is 437 g/mol. The molecule has 0 radical (unpaired) electrons. The van der Waals surface area contributed by atoms with E-state index in [1.807, 2.05) is 6.26 Å². The van der Waals surface area contributed by atoms with Crippen molar-refractivity contribution >= 4 is 39.4 Å². The molecule has 2 aliphatic rings. The van der Waals surface area contributed by atoms with Crippen LogP contribution in [0.4, 0.5) is 10.3 Å². The first kappa shape index (κ1) is 17.7. The van der Waals surface area contributed by atoms with Gasteiger partial charge in [0.15, 0.2) is 5.78 Å². The lowest BCUT2D eigenvalue weighted by atomic mass is 9.73. The number of ketones is 1. The van der Waals surface area contributed by atoms with Crippen molar-refractivity contribution in [2.24, 2.45) is 5.41 Å². The Morgan fingerprint density at radius 2 is 2.15 bits per heavy atom. The molecule has 1 aliphatic heterocycles. The molecule has 1 aromatic heterocycles. The Bertz CT molecular complexity index is 953. The van der Waals surface area contributed by atoms with Crippen LogP contribution in [-0.2, 0) is 4.79 Å². The van der Waals surface area contributed by atoms with Crippen molar-refractivity contribution in [2.45, 2.75) is 37.9 Å². The molecule has 0 saturated carbocycles. The van der Waals surface area contributed by atoms with E-state index >= 15 is 0 Å². The van der Waals surface area contributed by atoms with Crippen LogP contribution in [0.25, 0.3) is 0 Å². The zero-order chi connectivity index (χ0) is 18.6. The summed E-state index contributed by atoms with van der Waals surface area (Å²) < 4.78 is 15.9. The van der Waals surface area contributed by atoms with Crippen LogP contribution >= 0.6 is 27.7 Å². The minimum absolute atomic E-state index is 0.0982. The molecule has 1 aliphatic carbocycles. The number of carbonyl (C=O) groups excluding carboxylic acids is 1. The molecule has 8 heteroatoms. The molecule has 0 amide bonds. The first-order valence-electron chi connectivity index (χ1n) is 8.28. The van der Waals surface area contributed by atoms with Gasteiger partial charge in [-0.1, -0.05) is 31.7 Å². The number of hydrogen-bond acceptors (Lipinski definition) is 5. The number of fused-ring (bicyclic) bond motifs is 1. The smallest absolute Gasteiger partial charge is 0.227 e. The number of allylic oxidation sites excluding steroid dienone is 2. The lowest BCUT2D eigenvalue weighted by Gasteiger charge is -2.38. The van der Waals surface area contributed by atoms with Crippen molar-refractivity contribution in [3.05, 3.63) is 45.3 Å². The van der Waals surface area contributed by atoms with E-state index in [-0.39, 0.29) is 17.0 Å². The normalized spacial score (nSPS) is 21.3. The van der Waals surface area contributed by atoms with Crippen LogP contribution in [0.2, 0.25) is 0 Å². The Hall–Kier alpha value is -1.67. The Morgan fingerprint density at radius 1 is 1.38 bits per heavy atom. The second-order valence-electron chi connectivity index (χ2n) is 7.40. The van der Waals surface area contributed by atoms with E-state index in [0.717, 1.165) is 17.7 Å². The van der Waals surface area contributed by atoms with Gasteiger partial charge in [0.05, 0.1) is 4.47 Å². The third kappa shape index (κ3) is 2.89. The van der Waals surface area contributed by atoms with E-state index in [0.29, 0.717) is 27.6 Å². The average Bonchev–Trinajstić information content (AvgIpc) is 2.97. The van der Waals surface area contributed by atoms with Gasteiger partial charge < -0.3 is 5.32 Å². The second-order valence-corrected chi connectivity index (χ2v) is 9.03.